The highest BCUT2D eigenvalue weighted by Crippen LogP contribution is 2.42. The molecule has 37 heavy (non-hydrogen) atoms. The predicted molar refractivity (Wildman–Crippen MR) is 145 cm³/mol. The highest BCUT2D eigenvalue weighted by molar-refractivity contribution is 6.31. The third kappa shape index (κ3) is 4.17. The van der Waals surface area contributed by atoms with Crippen LogP contribution in [0.5, 0.6) is 5.75 Å². The molecule has 0 radical (unpaired) electrons. The number of hydrogen-bond donors (Lipinski definition) is 0. The SMILES string of the molecule is Cc1cccc(N2C(=O)c3oc4ccc(Cl)cc4c(=O)c3C2c2cccc(OCc3ccccc3)c2)c1. The Balaban J connectivity index is 1.50. The van der Waals surface area contributed by atoms with E-state index in [9.17, 15) is 9.59 Å². The summed E-state index contributed by atoms with van der Waals surface area (Å²) in [4.78, 5) is 29.2. The zero-order valence-corrected chi connectivity index (χ0v) is 20.7. The molecule has 0 N–H and O–H groups in total. The van der Waals surface area contributed by atoms with E-state index in [0.717, 1.165) is 16.7 Å². The summed E-state index contributed by atoms with van der Waals surface area (Å²) in [5.41, 5.74) is 3.80. The summed E-state index contributed by atoms with van der Waals surface area (Å²) in [6, 6.07) is 29.2. The molecule has 2 heterocycles. The van der Waals surface area contributed by atoms with Gasteiger partial charge in [0.15, 0.2) is 5.43 Å². The zero-order valence-electron chi connectivity index (χ0n) is 20.0. The van der Waals surface area contributed by atoms with Crippen molar-refractivity contribution < 1.29 is 13.9 Å². The molecule has 0 fully saturated rings. The second-order valence-electron chi connectivity index (χ2n) is 9.08. The zero-order chi connectivity index (χ0) is 25.5. The number of anilines is 1. The van der Waals surface area contributed by atoms with Crippen LogP contribution in [0.3, 0.4) is 0 Å². The lowest BCUT2D eigenvalue weighted by Gasteiger charge is -2.26. The topological polar surface area (TPSA) is 59.8 Å². The molecular formula is C31H22ClNO4. The molecule has 1 atom stereocenters. The van der Waals surface area contributed by atoms with Crippen LogP contribution in [0, 0.1) is 6.92 Å². The van der Waals surface area contributed by atoms with E-state index in [1.54, 1.807) is 23.1 Å². The van der Waals surface area contributed by atoms with Crippen molar-refractivity contribution in [2.75, 3.05) is 4.90 Å². The molecule has 1 unspecified atom stereocenters. The molecule has 182 valence electrons. The predicted octanol–water partition coefficient (Wildman–Crippen LogP) is 7.08. The van der Waals surface area contributed by atoms with E-state index in [4.69, 9.17) is 20.8 Å². The van der Waals surface area contributed by atoms with Gasteiger partial charge < -0.3 is 9.15 Å². The van der Waals surface area contributed by atoms with E-state index >= 15 is 0 Å². The van der Waals surface area contributed by atoms with Gasteiger partial charge in [0, 0.05) is 10.7 Å². The van der Waals surface area contributed by atoms with Gasteiger partial charge in [-0.3, -0.25) is 14.5 Å². The first kappa shape index (κ1) is 23.1. The summed E-state index contributed by atoms with van der Waals surface area (Å²) in [5.74, 6) is 0.316. The number of aryl methyl sites for hydroxylation is 1. The summed E-state index contributed by atoms with van der Waals surface area (Å²) in [7, 11) is 0. The Morgan fingerprint density at radius 3 is 2.51 bits per heavy atom. The average Bonchev–Trinajstić information content (AvgIpc) is 3.21. The highest BCUT2D eigenvalue weighted by Gasteiger charge is 2.43. The molecule has 1 amide bonds. The van der Waals surface area contributed by atoms with Crippen molar-refractivity contribution in [2.24, 2.45) is 0 Å². The maximum Gasteiger partial charge on any atom is 0.295 e. The van der Waals surface area contributed by atoms with Crippen LogP contribution in [0.4, 0.5) is 5.69 Å². The molecule has 4 aromatic carbocycles. The fourth-order valence-electron chi connectivity index (χ4n) is 4.82. The molecule has 0 saturated heterocycles. The van der Waals surface area contributed by atoms with Gasteiger partial charge in [0.2, 0.25) is 5.76 Å². The van der Waals surface area contributed by atoms with Crippen LogP contribution in [0.1, 0.15) is 38.9 Å². The lowest BCUT2D eigenvalue weighted by atomic mass is 9.98. The number of ether oxygens (including phenoxy) is 1. The minimum Gasteiger partial charge on any atom is -0.489 e. The number of amides is 1. The lowest BCUT2D eigenvalue weighted by molar-refractivity contribution is 0.0971. The van der Waals surface area contributed by atoms with Crippen molar-refractivity contribution in [1.82, 2.24) is 0 Å². The molecule has 0 aliphatic carbocycles. The van der Waals surface area contributed by atoms with Gasteiger partial charge in [-0.15, -0.1) is 0 Å². The first-order chi connectivity index (χ1) is 18.0. The number of nitrogens with zero attached hydrogens (tertiary/aromatic N) is 1. The summed E-state index contributed by atoms with van der Waals surface area (Å²) in [6.07, 6.45) is 0. The van der Waals surface area contributed by atoms with Gasteiger partial charge >= 0.3 is 0 Å². The molecule has 1 aliphatic heterocycles. The van der Waals surface area contributed by atoms with E-state index < -0.39 is 6.04 Å². The summed E-state index contributed by atoms with van der Waals surface area (Å²) in [5, 5.41) is 0.763. The number of hydrogen-bond acceptors (Lipinski definition) is 4. The Morgan fingerprint density at radius 1 is 0.892 bits per heavy atom. The number of rotatable bonds is 5. The molecule has 6 rings (SSSR count). The van der Waals surface area contributed by atoms with E-state index in [2.05, 4.69) is 0 Å². The molecule has 1 aromatic heterocycles. The molecule has 6 heteroatoms. The molecule has 0 saturated carbocycles. The van der Waals surface area contributed by atoms with Crippen molar-refractivity contribution in [3.05, 3.63) is 140 Å². The fourth-order valence-corrected chi connectivity index (χ4v) is 4.99. The van der Waals surface area contributed by atoms with E-state index in [0.29, 0.717) is 39.6 Å². The number of halogens is 1. The first-order valence-corrected chi connectivity index (χ1v) is 12.3. The highest BCUT2D eigenvalue weighted by atomic mass is 35.5. The quantitative estimate of drug-likeness (QED) is 0.255. The van der Waals surface area contributed by atoms with Crippen molar-refractivity contribution in [3.8, 4) is 5.75 Å². The van der Waals surface area contributed by atoms with Crippen LogP contribution in [0.15, 0.2) is 106 Å². The normalized spacial score (nSPS) is 14.7. The van der Waals surface area contributed by atoms with Gasteiger partial charge in [-0.05, 0) is 66.1 Å². The number of benzene rings is 4. The van der Waals surface area contributed by atoms with Gasteiger partial charge in [0.1, 0.15) is 17.9 Å². The third-order valence-corrected chi connectivity index (χ3v) is 6.77. The molecule has 1 aliphatic rings. The summed E-state index contributed by atoms with van der Waals surface area (Å²) in [6.45, 7) is 2.36. The van der Waals surface area contributed by atoms with Gasteiger partial charge in [-0.25, -0.2) is 0 Å². The van der Waals surface area contributed by atoms with E-state index in [-0.39, 0.29) is 17.1 Å². The van der Waals surface area contributed by atoms with Crippen molar-refractivity contribution in [1.29, 1.82) is 0 Å². The van der Waals surface area contributed by atoms with Gasteiger partial charge in [0.25, 0.3) is 5.91 Å². The van der Waals surface area contributed by atoms with Crippen molar-refractivity contribution in [2.45, 2.75) is 19.6 Å². The van der Waals surface area contributed by atoms with Crippen molar-refractivity contribution in [3.63, 3.8) is 0 Å². The third-order valence-electron chi connectivity index (χ3n) is 6.53. The van der Waals surface area contributed by atoms with E-state index in [1.807, 2.05) is 85.8 Å². The number of carbonyl (C=O) groups excluding carboxylic acids is 1. The Hall–Kier alpha value is -4.35. The van der Waals surface area contributed by atoms with Crippen LogP contribution < -0.4 is 15.1 Å². The monoisotopic (exact) mass is 507 g/mol. The Labute approximate surface area is 218 Å². The smallest absolute Gasteiger partial charge is 0.295 e. The summed E-state index contributed by atoms with van der Waals surface area (Å²) < 4.78 is 12.1. The standard InChI is InChI=1S/C31H22ClNO4/c1-19-7-5-11-23(15-19)33-28(21-10-6-12-24(16-21)36-18-20-8-3-2-4-9-20)27-29(34)25-17-22(32)13-14-26(25)37-30(27)31(33)35/h2-17,28H,18H2,1H3. The lowest BCUT2D eigenvalue weighted by Crippen LogP contribution is -2.29. The molecule has 0 spiro atoms. The maximum absolute atomic E-state index is 13.8. The minimum absolute atomic E-state index is 0.0435. The Bertz CT molecular complexity index is 1710. The first-order valence-electron chi connectivity index (χ1n) is 11.9. The average molecular weight is 508 g/mol. The molecule has 5 aromatic rings. The van der Waals surface area contributed by atoms with Crippen LogP contribution in [0.25, 0.3) is 11.0 Å². The second-order valence-corrected chi connectivity index (χ2v) is 9.51. The molecular weight excluding hydrogens is 486 g/mol. The Morgan fingerprint density at radius 2 is 1.70 bits per heavy atom. The van der Waals surface area contributed by atoms with Crippen LogP contribution in [-0.4, -0.2) is 5.91 Å². The number of carbonyl (C=O) groups is 1. The van der Waals surface area contributed by atoms with Crippen LogP contribution in [0.2, 0.25) is 5.02 Å². The largest absolute Gasteiger partial charge is 0.489 e. The fraction of sp³-hybridized carbons (Fsp3) is 0.0968. The van der Waals surface area contributed by atoms with E-state index in [1.165, 1.54) is 0 Å². The molecule has 0 bridgehead atoms. The Kier molecular flexibility index (Phi) is 5.78. The maximum atomic E-state index is 13.8. The van der Waals surface area contributed by atoms with Gasteiger partial charge in [0.05, 0.1) is 17.0 Å². The second kappa shape index (κ2) is 9.26. The van der Waals surface area contributed by atoms with Crippen molar-refractivity contribution >= 4 is 34.2 Å². The van der Waals surface area contributed by atoms with Gasteiger partial charge in [-0.2, -0.15) is 0 Å². The van der Waals surface area contributed by atoms with Gasteiger partial charge in [-0.1, -0.05) is 66.2 Å². The summed E-state index contributed by atoms with van der Waals surface area (Å²) >= 11 is 6.20. The van der Waals surface area contributed by atoms with Crippen LogP contribution in [-0.2, 0) is 6.61 Å². The molecule has 5 nitrogen and oxygen atoms in total. The van der Waals surface area contributed by atoms with Crippen LogP contribution >= 0.6 is 11.6 Å². The number of fused-ring (bicyclic) bond motifs is 2. The minimum atomic E-state index is -0.691.